The lowest BCUT2D eigenvalue weighted by atomic mass is 9.99. The molecule has 1 aromatic rings. The Morgan fingerprint density at radius 1 is 1.61 bits per heavy atom. The lowest BCUT2D eigenvalue weighted by Crippen LogP contribution is -2.63. The van der Waals surface area contributed by atoms with Gasteiger partial charge < -0.3 is 16.0 Å². The molecule has 7 heteroatoms. The minimum Gasteiger partial charge on any atom is -0.382 e. The van der Waals surface area contributed by atoms with Crippen LogP contribution in [0.1, 0.15) is 13.8 Å². The van der Waals surface area contributed by atoms with Gasteiger partial charge in [-0.15, -0.1) is 0 Å². The maximum absolute atomic E-state index is 12.2. The summed E-state index contributed by atoms with van der Waals surface area (Å²) in [7, 11) is 0. The molecule has 0 aromatic carbocycles. The van der Waals surface area contributed by atoms with Crippen LogP contribution in [0.4, 0.5) is 5.82 Å². The lowest BCUT2D eigenvalue weighted by molar-refractivity contribution is -0.149. The third-order valence-electron chi connectivity index (χ3n) is 3.11. The second kappa shape index (κ2) is 4.32. The Kier molecular flexibility index (Phi) is 2.98. The second-order valence-electron chi connectivity index (χ2n) is 4.80. The molecule has 0 spiro atoms. The van der Waals surface area contributed by atoms with Gasteiger partial charge in [0, 0.05) is 19.3 Å². The molecule has 0 aliphatic carbocycles. The Labute approximate surface area is 105 Å². The molecule has 1 aromatic heterocycles. The number of aromatic nitrogens is 2. The summed E-state index contributed by atoms with van der Waals surface area (Å²) in [6.45, 7) is 4.55. The Balaban J connectivity index is 2.10. The van der Waals surface area contributed by atoms with Crippen molar-refractivity contribution in [2.45, 2.75) is 25.9 Å². The Morgan fingerprint density at radius 3 is 2.94 bits per heavy atom. The fraction of sp³-hybridized carbons (Fsp3) is 0.545. The van der Waals surface area contributed by atoms with E-state index in [2.05, 4.69) is 10.4 Å². The van der Waals surface area contributed by atoms with E-state index in [0.717, 1.165) is 0 Å². The first-order chi connectivity index (χ1) is 8.41. The van der Waals surface area contributed by atoms with Crippen LogP contribution in [0.25, 0.3) is 0 Å². The van der Waals surface area contributed by atoms with Gasteiger partial charge in [-0.3, -0.25) is 14.3 Å². The average Bonchev–Trinajstić information content (AvgIpc) is 2.67. The van der Waals surface area contributed by atoms with E-state index in [4.69, 9.17) is 5.73 Å². The van der Waals surface area contributed by atoms with Gasteiger partial charge in [0.25, 0.3) is 0 Å². The van der Waals surface area contributed by atoms with E-state index in [1.54, 1.807) is 31.0 Å². The van der Waals surface area contributed by atoms with Crippen LogP contribution in [0.2, 0.25) is 0 Å². The Hall–Kier alpha value is -2.05. The molecular formula is C11H17N5O2. The fourth-order valence-corrected chi connectivity index (χ4v) is 2.03. The number of carbonyl (C=O) groups is 2. The molecule has 0 radical (unpaired) electrons. The highest BCUT2D eigenvalue weighted by molar-refractivity contribution is 5.91. The number of hydrogen-bond donors (Lipinski definition) is 2. The zero-order valence-electron chi connectivity index (χ0n) is 10.5. The molecule has 1 aliphatic rings. The van der Waals surface area contributed by atoms with Gasteiger partial charge in [-0.05, 0) is 19.9 Å². The number of carbonyl (C=O) groups excluding carboxylic acids is 2. The van der Waals surface area contributed by atoms with Crippen molar-refractivity contribution in [3.8, 4) is 0 Å². The highest BCUT2D eigenvalue weighted by Gasteiger charge is 2.40. The molecule has 2 rings (SSSR count). The van der Waals surface area contributed by atoms with E-state index in [9.17, 15) is 9.59 Å². The smallest absolute Gasteiger partial charge is 0.245 e. The minimum absolute atomic E-state index is 0.0912. The van der Waals surface area contributed by atoms with Crippen LogP contribution in [0.5, 0.6) is 0 Å². The van der Waals surface area contributed by atoms with Crippen LogP contribution in [0.15, 0.2) is 12.3 Å². The minimum atomic E-state index is -0.825. The normalized spacial score (nSPS) is 18.6. The van der Waals surface area contributed by atoms with Crippen LogP contribution in [-0.4, -0.2) is 45.1 Å². The van der Waals surface area contributed by atoms with Crippen molar-refractivity contribution in [3.05, 3.63) is 12.3 Å². The van der Waals surface area contributed by atoms with Crippen LogP contribution in [0.3, 0.4) is 0 Å². The molecule has 2 heterocycles. The molecule has 0 unspecified atom stereocenters. The van der Waals surface area contributed by atoms with Crippen molar-refractivity contribution in [2.24, 2.45) is 0 Å². The average molecular weight is 251 g/mol. The molecule has 1 aliphatic heterocycles. The number of rotatable bonds is 2. The maximum atomic E-state index is 12.2. The summed E-state index contributed by atoms with van der Waals surface area (Å²) in [4.78, 5) is 25.5. The summed E-state index contributed by atoms with van der Waals surface area (Å²) < 4.78 is 1.47. The number of nitrogens with one attached hydrogen (secondary N) is 1. The summed E-state index contributed by atoms with van der Waals surface area (Å²) >= 11 is 0. The zero-order chi connectivity index (χ0) is 13.3. The summed E-state index contributed by atoms with van der Waals surface area (Å²) in [5.41, 5.74) is 4.66. The third-order valence-corrected chi connectivity index (χ3v) is 3.11. The number of piperazine rings is 1. The van der Waals surface area contributed by atoms with E-state index in [1.165, 1.54) is 4.68 Å². The molecule has 7 nitrogen and oxygen atoms in total. The van der Waals surface area contributed by atoms with Crippen molar-refractivity contribution in [3.63, 3.8) is 0 Å². The Bertz CT molecular complexity index is 480. The molecular weight excluding hydrogens is 234 g/mol. The number of amides is 2. The first-order valence-electron chi connectivity index (χ1n) is 5.79. The van der Waals surface area contributed by atoms with Gasteiger partial charge >= 0.3 is 0 Å². The van der Waals surface area contributed by atoms with E-state index in [-0.39, 0.29) is 18.4 Å². The molecule has 3 N–H and O–H groups in total. The summed E-state index contributed by atoms with van der Waals surface area (Å²) in [6, 6.07) is 1.63. The molecule has 2 amide bonds. The monoisotopic (exact) mass is 251 g/mol. The number of nitrogen functional groups attached to an aromatic ring is 1. The van der Waals surface area contributed by atoms with Crippen LogP contribution in [-0.2, 0) is 16.1 Å². The van der Waals surface area contributed by atoms with Crippen LogP contribution >= 0.6 is 0 Å². The highest BCUT2D eigenvalue weighted by Crippen LogP contribution is 2.18. The van der Waals surface area contributed by atoms with E-state index < -0.39 is 5.54 Å². The van der Waals surface area contributed by atoms with Gasteiger partial charge in [0.15, 0.2) is 0 Å². The largest absolute Gasteiger partial charge is 0.382 e. The fourth-order valence-electron chi connectivity index (χ4n) is 2.03. The van der Waals surface area contributed by atoms with Crippen LogP contribution < -0.4 is 11.1 Å². The standard InChI is InChI=1S/C11H17N5O2/c1-11(2)10(18)13-4-6-16(11)9(17)7-15-5-3-8(12)14-15/h3,5H,4,6-7H2,1-2H3,(H2,12,14)(H,13,18). The molecule has 0 bridgehead atoms. The summed E-state index contributed by atoms with van der Waals surface area (Å²) in [5.74, 6) is 0.0958. The van der Waals surface area contributed by atoms with Gasteiger partial charge in [-0.2, -0.15) is 5.10 Å². The summed E-state index contributed by atoms with van der Waals surface area (Å²) in [5, 5.41) is 6.71. The quantitative estimate of drug-likeness (QED) is 0.719. The lowest BCUT2D eigenvalue weighted by Gasteiger charge is -2.41. The predicted octanol–water partition coefficient (Wildman–Crippen LogP) is -0.798. The second-order valence-corrected chi connectivity index (χ2v) is 4.80. The van der Waals surface area contributed by atoms with Gasteiger partial charge in [0.2, 0.25) is 11.8 Å². The maximum Gasteiger partial charge on any atom is 0.245 e. The van der Waals surface area contributed by atoms with Crippen molar-refractivity contribution in [2.75, 3.05) is 18.8 Å². The first kappa shape index (κ1) is 12.4. The van der Waals surface area contributed by atoms with Gasteiger partial charge in [-0.1, -0.05) is 0 Å². The van der Waals surface area contributed by atoms with Gasteiger partial charge in [-0.25, -0.2) is 0 Å². The summed E-state index contributed by atoms with van der Waals surface area (Å²) in [6.07, 6.45) is 1.64. The number of hydrogen-bond acceptors (Lipinski definition) is 4. The van der Waals surface area contributed by atoms with Crippen molar-refractivity contribution >= 4 is 17.6 Å². The third kappa shape index (κ3) is 2.15. The van der Waals surface area contributed by atoms with Gasteiger partial charge in [0.05, 0.1) is 0 Å². The predicted molar refractivity (Wildman–Crippen MR) is 65.4 cm³/mol. The molecule has 0 atom stereocenters. The number of anilines is 1. The molecule has 1 fully saturated rings. The molecule has 18 heavy (non-hydrogen) atoms. The zero-order valence-corrected chi connectivity index (χ0v) is 10.5. The van der Waals surface area contributed by atoms with Crippen LogP contribution in [0, 0.1) is 0 Å². The van der Waals surface area contributed by atoms with Crippen molar-refractivity contribution in [1.29, 1.82) is 0 Å². The number of nitrogens with zero attached hydrogens (tertiary/aromatic N) is 3. The van der Waals surface area contributed by atoms with E-state index >= 15 is 0 Å². The van der Waals surface area contributed by atoms with Crippen molar-refractivity contribution < 1.29 is 9.59 Å². The molecule has 1 saturated heterocycles. The Morgan fingerprint density at radius 2 is 2.33 bits per heavy atom. The molecule has 98 valence electrons. The highest BCUT2D eigenvalue weighted by atomic mass is 16.2. The first-order valence-corrected chi connectivity index (χ1v) is 5.79. The topological polar surface area (TPSA) is 93.2 Å². The molecule has 0 saturated carbocycles. The SMILES string of the molecule is CC1(C)C(=O)NCCN1C(=O)Cn1ccc(N)n1. The van der Waals surface area contributed by atoms with E-state index in [0.29, 0.717) is 18.9 Å². The van der Waals surface area contributed by atoms with Gasteiger partial charge in [0.1, 0.15) is 17.9 Å². The number of nitrogens with two attached hydrogens (primary N) is 1. The van der Waals surface area contributed by atoms with E-state index in [1.807, 2.05) is 0 Å². The van der Waals surface area contributed by atoms with Crippen molar-refractivity contribution in [1.82, 2.24) is 20.0 Å².